The summed E-state index contributed by atoms with van der Waals surface area (Å²) in [5.41, 5.74) is 2.60. The number of hydrogen-bond acceptors (Lipinski definition) is 5. The molecule has 1 aromatic carbocycles. The number of carbonyl (C=O) groups is 1. The number of amides is 1. The Balaban J connectivity index is 0.000000500. The monoisotopic (exact) mass is 409 g/mol. The first-order valence-corrected chi connectivity index (χ1v) is 10.1. The van der Waals surface area contributed by atoms with E-state index in [1.165, 1.54) is 0 Å². The van der Waals surface area contributed by atoms with Crippen LogP contribution >= 0.6 is 7.82 Å². The second kappa shape index (κ2) is 9.22. The molecule has 5 N–H and O–H groups in total. The largest absolute Gasteiger partial charge is 0.466 e. The first-order valence-electron chi connectivity index (χ1n) is 8.56. The lowest BCUT2D eigenvalue weighted by Crippen LogP contribution is -2.25. The second-order valence-electron chi connectivity index (χ2n) is 6.56. The number of aromatic nitrogens is 3. The van der Waals surface area contributed by atoms with E-state index in [0.717, 1.165) is 28.5 Å². The summed E-state index contributed by atoms with van der Waals surface area (Å²) in [7, 11) is -2.90. The molecule has 0 fully saturated rings. The van der Waals surface area contributed by atoms with E-state index in [-0.39, 0.29) is 12.5 Å². The number of imidazole rings is 1. The molecule has 2 heterocycles. The number of benzene rings is 1. The zero-order valence-electron chi connectivity index (χ0n) is 15.8. The average Bonchev–Trinajstić information content (AvgIpc) is 2.97. The number of hydrogen-bond donors (Lipinski definition) is 5. The molecule has 10 nitrogen and oxygen atoms in total. The van der Waals surface area contributed by atoms with Gasteiger partial charge in [-0.1, -0.05) is 32.0 Å². The Morgan fingerprint density at radius 1 is 1.25 bits per heavy atom. The van der Waals surface area contributed by atoms with Crippen molar-refractivity contribution in [2.24, 2.45) is 5.92 Å². The van der Waals surface area contributed by atoms with Gasteiger partial charge >= 0.3 is 7.82 Å². The molecule has 0 unspecified atom stereocenters. The normalized spacial score (nSPS) is 11.5. The number of likely N-dealkylation sites (N-methyl/N-ethyl adjacent to an activating group) is 1. The summed E-state index contributed by atoms with van der Waals surface area (Å²) < 4.78 is 11.0. The maximum atomic E-state index is 11.9. The number of carbonyl (C=O) groups excluding carboxylic acids is 1. The number of para-hydroxylation sites is 1. The Morgan fingerprint density at radius 3 is 2.50 bits per heavy atom. The van der Waals surface area contributed by atoms with Gasteiger partial charge in [-0.2, -0.15) is 0 Å². The number of rotatable bonds is 5. The summed E-state index contributed by atoms with van der Waals surface area (Å²) in [6.45, 7) is 5.45. The highest BCUT2D eigenvalue weighted by molar-refractivity contribution is 7.45. The van der Waals surface area contributed by atoms with Crippen molar-refractivity contribution < 1.29 is 24.0 Å². The van der Waals surface area contributed by atoms with Crippen molar-refractivity contribution in [3.8, 4) is 0 Å². The van der Waals surface area contributed by atoms with Crippen molar-refractivity contribution in [1.82, 2.24) is 19.9 Å². The highest BCUT2D eigenvalue weighted by Gasteiger charge is 2.15. The van der Waals surface area contributed by atoms with Gasteiger partial charge < -0.3 is 29.9 Å². The lowest BCUT2D eigenvalue weighted by atomic mass is 10.1. The standard InChI is InChI=1S/C17H21N5O.H3O4P/c1-11(2)9-22-10-19-15-16(22)12-6-4-5-7-13(12)20-17(15)21-14(23)8-18-3;1-5(2,3)4/h4-7,10-11,18H,8-9H2,1-3H3,(H,20,21,23);(H3,1,2,3,4). The van der Waals surface area contributed by atoms with E-state index >= 15 is 0 Å². The fraction of sp³-hybridized carbons (Fsp3) is 0.353. The Morgan fingerprint density at radius 2 is 1.89 bits per heavy atom. The van der Waals surface area contributed by atoms with Crippen molar-refractivity contribution in [1.29, 1.82) is 0 Å². The van der Waals surface area contributed by atoms with Crippen LogP contribution in [0.5, 0.6) is 0 Å². The lowest BCUT2D eigenvalue weighted by molar-refractivity contribution is -0.115. The molecule has 0 spiro atoms. The van der Waals surface area contributed by atoms with Crippen LogP contribution in [0.1, 0.15) is 13.8 Å². The van der Waals surface area contributed by atoms with Gasteiger partial charge in [0.25, 0.3) is 0 Å². The zero-order chi connectivity index (χ0) is 20.9. The molecular formula is C17H24N5O5P. The number of nitrogens with one attached hydrogen (secondary N) is 2. The van der Waals surface area contributed by atoms with E-state index in [2.05, 4.69) is 39.0 Å². The molecule has 1 amide bonds. The minimum atomic E-state index is -4.64. The van der Waals surface area contributed by atoms with E-state index in [9.17, 15) is 4.79 Å². The Labute approximate surface area is 161 Å². The van der Waals surface area contributed by atoms with Gasteiger partial charge in [-0.25, -0.2) is 14.5 Å². The highest BCUT2D eigenvalue weighted by atomic mass is 31.2. The van der Waals surface area contributed by atoms with Gasteiger partial charge in [0.15, 0.2) is 5.82 Å². The fourth-order valence-electron chi connectivity index (χ4n) is 2.74. The van der Waals surface area contributed by atoms with E-state index in [0.29, 0.717) is 11.7 Å². The van der Waals surface area contributed by atoms with Crippen LogP contribution < -0.4 is 10.6 Å². The number of phosphoric acid groups is 1. The molecule has 0 aliphatic heterocycles. The van der Waals surface area contributed by atoms with Gasteiger partial charge in [-0.15, -0.1) is 0 Å². The maximum absolute atomic E-state index is 11.9. The van der Waals surface area contributed by atoms with Crippen LogP contribution in [0, 0.1) is 5.92 Å². The third-order valence-corrected chi connectivity index (χ3v) is 3.61. The second-order valence-corrected chi connectivity index (χ2v) is 7.58. The Kier molecular flexibility index (Phi) is 7.22. The molecule has 3 aromatic rings. The van der Waals surface area contributed by atoms with Crippen LogP contribution in [0.25, 0.3) is 21.9 Å². The number of pyridine rings is 1. The van der Waals surface area contributed by atoms with Crippen molar-refractivity contribution in [2.75, 3.05) is 18.9 Å². The van der Waals surface area contributed by atoms with Crippen LogP contribution in [0.4, 0.5) is 5.82 Å². The van der Waals surface area contributed by atoms with Crippen molar-refractivity contribution >= 4 is 41.5 Å². The molecule has 152 valence electrons. The molecule has 0 atom stereocenters. The van der Waals surface area contributed by atoms with Crippen molar-refractivity contribution in [2.45, 2.75) is 20.4 Å². The quantitative estimate of drug-likeness (QED) is 0.398. The lowest BCUT2D eigenvalue weighted by Gasteiger charge is -2.11. The van der Waals surface area contributed by atoms with Crippen LogP contribution in [-0.2, 0) is 15.9 Å². The first kappa shape index (κ1) is 21.9. The first-order chi connectivity index (χ1) is 13.1. The molecule has 0 aliphatic rings. The summed E-state index contributed by atoms with van der Waals surface area (Å²) in [5, 5.41) is 6.74. The Hall–Kier alpha value is -2.36. The molecule has 2 aromatic heterocycles. The van der Waals surface area contributed by atoms with Crippen LogP contribution in [0.2, 0.25) is 0 Å². The smallest absolute Gasteiger partial charge is 0.330 e. The van der Waals surface area contributed by atoms with Gasteiger partial charge in [0, 0.05) is 11.9 Å². The zero-order valence-corrected chi connectivity index (χ0v) is 16.7. The molecule has 0 bridgehead atoms. The fourth-order valence-corrected chi connectivity index (χ4v) is 2.74. The predicted molar refractivity (Wildman–Crippen MR) is 107 cm³/mol. The van der Waals surface area contributed by atoms with E-state index in [4.69, 9.17) is 19.2 Å². The highest BCUT2D eigenvalue weighted by Crippen LogP contribution is 2.29. The number of anilines is 1. The number of fused-ring (bicyclic) bond motifs is 3. The molecule has 28 heavy (non-hydrogen) atoms. The summed E-state index contributed by atoms with van der Waals surface area (Å²) in [5.74, 6) is 0.887. The third-order valence-electron chi connectivity index (χ3n) is 3.61. The van der Waals surface area contributed by atoms with Crippen LogP contribution in [-0.4, -0.2) is 48.7 Å². The van der Waals surface area contributed by atoms with E-state index in [1.807, 2.05) is 30.6 Å². The molecule has 0 saturated heterocycles. The molecule has 0 aliphatic carbocycles. The molecule has 0 saturated carbocycles. The van der Waals surface area contributed by atoms with Gasteiger partial charge in [0.05, 0.1) is 23.9 Å². The summed E-state index contributed by atoms with van der Waals surface area (Å²) in [6.07, 6.45) is 1.83. The molecule has 3 rings (SSSR count). The van der Waals surface area contributed by atoms with Gasteiger partial charge in [0.2, 0.25) is 5.91 Å². The Bertz CT molecular complexity index is 1010. The molecule has 0 radical (unpaired) electrons. The van der Waals surface area contributed by atoms with Gasteiger partial charge in [-0.3, -0.25) is 4.79 Å². The molecular weight excluding hydrogens is 385 g/mol. The number of nitrogens with zero attached hydrogens (tertiary/aromatic N) is 3. The third kappa shape index (κ3) is 6.08. The summed E-state index contributed by atoms with van der Waals surface area (Å²) in [6, 6.07) is 7.94. The predicted octanol–water partition coefficient (Wildman–Crippen LogP) is 1.47. The van der Waals surface area contributed by atoms with Gasteiger partial charge in [-0.05, 0) is 19.0 Å². The molecule has 11 heteroatoms. The maximum Gasteiger partial charge on any atom is 0.466 e. The van der Waals surface area contributed by atoms with E-state index in [1.54, 1.807) is 7.05 Å². The van der Waals surface area contributed by atoms with Gasteiger partial charge in [0.1, 0.15) is 5.52 Å². The summed E-state index contributed by atoms with van der Waals surface area (Å²) >= 11 is 0. The van der Waals surface area contributed by atoms with Crippen LogP contribution in [0.3, 0.4) is 0 Å². The van der Waals surface area contributed by atoms with E-state index < -0.39 is 7.82 Å². The minimum absolute atomic E-state index is 0.130. The average molecular weight is 409 g/mol. The van der Waals surface area contributed by atoms with Crippen LogP contribution in [0.15, 0.2) is 30.6 Å². The minimum Gasteiger partial charge on any atom is -0.330 e. The summed E-state index contributed by atoms with van der Waals surface area (Å²) in [4.78, 5) is 42.6. The topological polar surface area (TPSA) is 150 Å². The van der Waals surface area contributed by atoms with Crippen molar-refractivity contribution in [3.05, 3.63) is 30.6 Å². The SMILES string of the molecule is CNCC(=O)Nc1nc2ccccc2c2c1ncn2CC(C)C.O=P(O)(O)O. The van der Waals surface area contributed by atoms with Crippen molar-refractivity contribution in [3.63, 3.8) is 0 Å².